The summed E-state index contributed by atoms with van der Waals surface area (Å²) in [5.74, 6) is -1.08. The minimum atomic E-state index is -4.42. The lowest BCUT2D eigenvalue weighted by atomic mass is 10.3. The Bertz CT molecular complexity index is 667. The third-order valence-electron chi connectivity index (χ3n) is 2.46. The van der Waals surface area contributed by atoms with Gasteiger partial charge in [-0.1, -0.05) is 0 Å². The zero-order valence-corrected chi connectivity index (χ0v) is 10.8. The molecule has 2 heterocycles. The molecule has 2 aromatic heterocycles. The minimum Gasteiger partial charge on any atom is -0.504 e. The van der Waals surface area contributed by atoms with Gasteiger partial charge in [-0.15, -0.1) is 0 Å². The van der Waals surface area contributed by atoms with Crippen LogP contribution in [0.4, 0.5) is 19.0 Å². The number of aromatic hydroxyl groups is 1. The highest BCUT2D eigenvalue weighted by Gasteiger charge is 2.28. The summed E-state index contributed by atoms with van der Waals surface area (Å²) in [6.45, 7) is 0.376. The van der Waals surface area contributed by atoms with Crippen LogP contribution in [0.25, 0.3) is 0 Å². The van der Waals surface area contributed by atoms with E-state index in [4.69, 9.17) is 0 Å². The van der Waals surface area contributed by atoms with Crippen molar-refractivity contribution in [3.8, 4) is 5.75 Å². The highest BCUT2D eigenvalue weighted by atomic mass is 19.4. The van der Waals surface area contributed by atoms with Crippen LogP contribution in [0.2, 0.25) is 0 Å². The first-order chi connectivity index (χ1) is 9.74. The number of hydrogen-bond acceptors (Lipinski definition) is 4. The number of halogens is 3. The third kappa shape index (κ3) is 3.94. The zero-order chi connectivity index (χ0) is 15.6. The topological polar surface area (TPSA) is 80.0 Å². The van der Waals surface area contributed by atoms with Gasteiger partial charge in [0.2, 0.25) is 0 Å². The summed E-state index contributed by atoms with van der Waals surface area (Å²) < 4.78 is 37.2. The summed E-state index contributed by atoms with van der Waals surface area (Å²) >= 11 is 0. The van der Waals surface area contributed by atoms with Crippen LogP contribution in [-0.2, 0) is 6.54 Å². The fourth-order valence-corrected chi connectivity index (χ4v) is 1.57. The number of nitrogens with zero attached hydrogens (tertiary/aromatic N) is 3. The molecule has 0 spiro atoms. The van der Waals surface area contributed by atoms with E-state index in [9.17, 15) is 23.1 Å². The van der Waals surface area contributed by atoms with Gasteiger partial charge < -0.3 is 10.4 Å². The predicted molar refractivity (Wildman–Crippen MR) is 66.9 cm³/mol. The molecule has 0 fully saturated rings. The van der Waals surface area contributed by atoms with E-state index in [-0.39, 0.29) is 17.3 Å². The lowest BCUT2D eigenvalue weighted by Crippen LogP contribution is -2.19. The van der Waals surface area contributed by atoms with Crippen LogP contribution in [0, 0.1) is 6.92 Å². The van der Waals surface area contributed by atoms with Crippen LogP contribution in [0.15, 0.2) is 24.4 Å². The van der Waals surface area contributed by atoms with Crippen molar-refractivity contribution in [2.45, 2.75) is 19.6 Å². The van der Waals surface area contributed by atoms with E-state index in [0.29, 0.717) is 10.4 Å². The smallest absolute Gasteiger partial charge is 0.408 e. The van der Waals surface area contributed by atoms with Gasteiger partial charge in [0.25, 0.3) is 5.91 Å². The molecule has 0 saturated carbocycles. The van der Waals surface area contributed by atoms with Gasteiger partial charge in [-0.25, -0.2) is 4.98 Å². The molecule has 0 aromatic carbocycles. The third-order valence-corrected chi connectivity index (χ3v) is 2.46. The maximum Gasteiger partial charge on any atom is 0.408 e. The van der Waals surface area contributed by atoms with E-state index in [2.05, 4.69) is 15.4 Å². The van der Waals surface area contributed by atoms with Crippen molar-refractivity contribution >= 4 is 11.7 Å². The standard InChI is InChI=1S/C12H11F3N4O2/c1-7-2-3-9(20)10(16-7)17-11(21)8-4-5-19(18-8)6-12(13,14)15/h2-5,20H,6H2,1H3,(H,16,17,21). The highest BCUT2D eigenvalue weighted by molar-refractivity contribution is 6.02. The number of anilines is 1. The van der Waals surface area contributed by atoms with Gasteiger partial charge in [0, 0.05) is 11.9 Å². The fourth-order valence-electron chi connectivity index (χ4n) is 1.57. The van der Waals surface area contributed by atoms with Gasteiger partial charge in [0.15, 0.2) is 17.3 Å². The molecule has 0 unspecified atom stereocenters. The second-order valence-corrected chi connectivity index (χ2v) is 4.29. The molecule has 6 nitrogen and oxygen atoms in total. The van der Waals surface area contributed by atoms with E-state index >= 15 is 0 Å². The second-order valence-electron chi connectivity index (χ2n) is 4.29. The number of amides is 1. The van der Waals surface area contributed by atoms with Crippen molar-refractivity contribution in [2.75, 3.05) is 5.32 Å². The number of hydrogen-bond donors (Lipinski definition) is 2. The summed E-state index contributed by atoms with van der Waals surface area (Å²) in [7, 11) is 0. The van der Waals surface area contributed by atoms with E-state index in [1.807, 2.05) is 0 Å². The van der Waals surface area contributed by atoms with Crippen molar-refractivity contribution in [3.05, 3.63) is 35.8 Å². The van der Waals surface area contributed by atoms with Gasteiger partial charge >= 0.3 is 6.18 Å². The molecule has 2 N–H and O–H groups in total. The van der Waals surface area contributed by atoms with Crippen LogP contribution in [0.1, 0.15) is 16.2 Å². The Hall–Kier alpha value is -2.58. The number of pyridine rings is 1. The molecule has 112 valence electrons. The number of carbonyl (C=O) groups excluding carboxylic acids is 1. The van der Waals surface area contributed by atoms with Gasteiger partial charge in [-0.3, -0.25) is 9.48 Å². The summed E-state index contributed by atoms with van der Waals surface area (Å²) in [6, 6.07) is 4.04. The summed E-state index contributed by atoms with van der Waals surface area (Å²) in [4.78, 5) is 15.7. The molecule has 0 saturated heterocycles. The van der Waals surface area contributed by atoms with E-state index in [1.165, 1.54) is 6.07 Å². The first-order valence-corrected chi connectivity index (χ1v) is 5.83. The Morgan fingerprint density at radius 3 is 2.76 bits per heavy atom. The molecule has 21 heavy (non-hydrogen) atoms. The Labute approximate surface area is 117 Å². The quantitative estimate of drug-likeness (QED) is 0.909. The number of nitrogens with one attached hydrogen (secondary N) is 1. The van der Waals surface area contributed by atoms with Gasteiger partial charge in [-0.05, 0) is 25.1 Å². The Morgan fingerprint density at radius 1 is 1.38 bits per heavy atom. The molecule has 2 rings (SSSR count). The van der Waals surface area contributed by atoms with Crippen LogP contribution >= 0.6 is 0 Å². The van der Waals surface area contributed by atoms with Crippen LogP contribution < -0.4 is 5.32 Å². The van der Waals surface area contributed by atoms with E-state index < -0.39 is 18.6 Å². The summed E-state index contributed by atoms with van der Waals surface area (Å²) in [6.07, 6.45) is -3.37. The molecule has 2 aromatic rings. The Morgan fingerprint density at radius 2 is 2.10 bits per heavy atom. The lowest BCUT2D eigenvalue weighted by molar-refractivity contribution is -0.142. The molecular formula is C12H11F3N4O2. The number of aryl methyl sites for hydroxylation is 1. The van der Waals surface area contributed by atoms with Gasteiger partial charge in [0.1, 0.15) is 6.54 Å². The molecule has 0 bridgehead atoms. The van der Waals surface area contributed by atoms with Crippen molar-refractivity contribution in [1.82, 2.24) is 14.8 Å². The summed E-state index contributed by atoms with van der Waals surface area (Å²) in [5, 5.41) is 15.3. The molecule has 0 aliphatic rings. The van der Waals surface area contributed by atoms with Crippen molar-refractivity contribution in [3.63, 3.8) is 0 Å². The molecule has 0 aliphatic carbocycles. The second kappa shape index (κ2) is 5.43. The minimum absolute atomic E-state index is 0.0784. The summed E-state index contributed by atoms with van der Waals surface area (Å²) in [5.41, 5.74) is 0.354. The van der Waals surface area contributed by atoms with Crippen LogP contribution in [-0.4, -0.2) is 32.0 Å². The monoisotopic (exact) mass is 300 g/mol. The number of carbonyl (C=O) groups is 1. The Balaban J connectivity index is 2.12. The molecule has 0 radical (unpaired) electrons. The molecule has 1 amide bonds. The molecule has 0 aliphatic heterocycles. The maximum atomic E-state index is 12.2. The van der Waals surface area contributed by atoms with Crippen LogP contribution in [0.3, 0.4) is 0 Å². The fraction of sp³-hybridized carbons (Fsp3) is 0.250. The number of aromatic nitrogens is 3. The van der Waals surface area contributed by atoms with Crippen molar-refractivity contribution in [1.29, 1.82) is 0 Å². The number of rotatable bonds is 3. The van der Waals surface area contributed by atoms with Crippen molar-refractivity contribution in [2.24, 2.45) is 0 Å². The first kappa shape index (κ1) is 14.8. The SMILES string of the molecule is Cc1ccc(O)c(NC(=O)c2ccn(CC(F)(F)F)n2)n1. The van der Waals surface area contributed by atoms with Gasteiger partial charge in [0.05, 0.1) is 0 Å². The normalized spacial score (nSPS) is 11.4. The molecular weight excluding hydrogens is 289 g/mol. The average molecular weight is 300 g/mol. The predicted octanol–water partition coefficient (Wildman–Crippen LogP) is 2.11. The van der Waals surface area contributed by atoms with Crippen LogP contribution in [0.5, 0.6) is 5.75 Å². The highest BCUT2D eigenvalue weighted by Crippen LogP contribution is 2.21. The zero-order valence-electron chi connectivity index (χ0n) is 10.8. The largest absolute Gasteiger partial charge is 0.504 e. The van der Waals surface area contributed by atoms with Crippen molar-refractivity contribution < 1.29 is 23.1 Å². The molecule has 9 heteroatoms. The Kier molecular flexibility index (Phi) is 3.83. The maximum absolute atomic E-state index is 12.2. The van der Waals surface area contributed by atoms with E-state index in [1.54, 1.807) is 13.0 Å². The average Bonchev–Trinajstić information content (AvgIpc) is 2.80. The molecule has 0 atom stereocenters. The van der Waals surface area contributed by atoms with Gasteiger partial charge in [-0.2, -0.15) is 18.3 Å². The lowest BCUT2D eigenvalue weighted by Gasteiger charge is -2.06. The first-order valence-electron chi connectivity index (χ1n) is 5.83. The van der Waals surface area contributed by atoms with E-state index in [0.717, 1.165) is 12.3 Å². The number of alkyl halides is 3.